The summed E-state index contributed by atoms with van der Waals surface area (Å²) in [7, 11) is 0. The van der Waals surface area contributed by atoms with Gasteiger partial charge in [-0.15, -0.1) is 0 Å². The molecule has 1 spiro atoms. The minimum atomic E-state index is -0.825. The predicted octanol–water partition coefficient (Wildman–Crippen LogP) is 3.21. The maximum absolute atomic E-state index is 13.5. The molecule has 1 aromatic carbocycles. The summed E-state index contributed by atoms with van der Waals surface area (Å²) in [5.74, 6) is 4.34. The summed E-state index contributed by atoms with van der Waals surface area (Å²) >= 11 is 0. The van der Waals surface area contributed by atoms with E-state index in [-0.39, 0.29) is 17.6 Å². The summed E-state index contributed by atoms with van der Waals surface area (Å²) in [4.78, 5) is 0. The lowest BCUT2D eigenvalue weighted by atomic mass is 9.79. The third kappa shape index (κ3) is 2.96. The molecule has 3 N–H and O–H groups in total. The quantitative estimate of drug-likeness (QED) is 0.665. The summed E-state index contributed by atoms with van der Waals surface area (Å²) in [5.41, 5.74) is 3.48. The number of nitrogens with one attached hydrogen (secondary N) is 1. The van der Waals surface area contributed by atoms with E-state index in [9.17, 15) is 8.78 Å². The summed E-state index contributed by atoms with van der Waals surface area (Å²) in [6.45, 7) is 0.715. The molecule has 3 rings (SSSR count). The van der Waals surface area contributed by atoms with Gasteiger partial charge in [0.2, 0.25) is 0 Å². The molecule has 116 valence electrons. The molecule has 2 aliphatic rings. The topological polar surface area (TPSA) is 47.3 Å². The third-order valence-corrected chi connectivity index (χ3v) is 5.00. The lowest BCUT2D eigenvalue weighted by Gasteiger charge is -2.41. The summed E-state index contributed by atoms with van der Waals surface area (Å²) < 4.78 is 32.6. The van der Waals surface area contributed by atoms with E-state index in [1.165, 1.54) is 25.0 Å². The number of ether oxygens (including phenoxy) is 1. The van der Waals surface area contributed by atoms with Crippen molar-refractivity contribution in [3.8, 4) is 0 Å². The number of nitrogens with two attached hydrogens (primary N) is 1. The Balaban J connectivity index is 1.80. The van der Waals surface area contributed by atoms with Crippen molar-refractivity contribution in [2.24, 2.45) is 11.8 Å². The number of rotatable bonds is 3. The van der Waals surface area contributed by atoms with Crippen LogP contribution in [0.5, 0.6) is 0 Å². The van der Waals surface area contributed by atoms with Crippen LogP contribution in [0, 0.1) is 17.6 Å². The maximum Gasteiger partial charge on any atom is 0.159 e. The van der Waals surface area contributed by atoms with Crippen molar-refractivity contribution in [1.82, 2.24) is 5.43 Å². The van der Waals surface area contributed by atoms with Gasteiger partial charge in [0.15, 0.2) is 11.6 Å². The van der Waals surface area contributed by atoms with Gasteiger partial charge in [-0.2, -0.15) is 0 Å². The fourth-order valence-electron chi connectivity index (χ4n) is 3.93. The lowest BCUT2D eigenvalue weighted by molar-refractivity contribution is -0.0982. The first-order valence-electron chi connectivity index (χ1n) is 7.69. The second kappa shape index (κ2) is 5.99. The van der Waals surface area contributed by atoms with Crippen LogP contribution >= 0.6 is 0 Å². The van der Waals surface area contributed by atoms with Crippen molar-refractivity contribution in [2.75, 3.05) is 6.61 Å². The summed E-state index contributed by atoms with van der Waals surface area (Å²) in [6.07, 6.45) is 6.42. The highest BCUT2D eigenvalue weighted by molar-refractivity contribution is 5.22. The van der Waals surface area contributed by atoms with Gasteiger partial charge >= 0.3 is 0 Å². The average molecular weight is 296 g/mol. The van der Waals surface area contributed by atoms with Crippen LogP contribution in [0.1, 0.15) is 50.1 Å². The van der Waals surface area contributed by atoms with Gasteiger partial charge in [0, 0.05) is 12.6 Å². The molecular weight excluding hydrogens is 274 g/mol. The van der Waals surface area contributed by atoms with Crippen LogP contribution in [0.15, 0.2) is 18.2 Å². The Morgan fingerprint density at radius 1 is 1.24 bits per heavy atom. The molecule has 5 heteroatoms. The van der Waals surface area contributed by atoms with Crippen molar-refractivity contribution < 1.29 is 13.5 Å². The van der Waals surface area contributed by atoms with E-state index in [0.29, 0.717) is 12.2 Å². The van der Waals surface area contributed by atoms with Gasteiger partial charge in [0.25, 0.3) is 0 Å². The van der Waals surface area contributed by atoms with Crippen LogP contribution in [0.4, 0.5) is 8.78 Å². The highest BCUT2D eigenvalue weighted by Crippen LogP contribution is 2.45. The number of hydrazine groups is 1. The zero-order valence-electron chi connectivity index (χ0n) is 12.1. The fraction of sp³-hybridized carbons (Fsp3) is 0.625. The van der Waals surface area contributed by atoms with Gasteiger partial charge in [-0.3, -0.25) is 11.3 Å². The first-order valence-corrected chi connectivity index (χ1v) is 7.69. The van der Waals surface area contributed by atoms with Gasteiger partial charge in [-0.25, -0.2) is 8.78 Å². The summed E-state index contributed by atoms with van der Waals surface area (Å²) in [5, 5.41) is 0. The Kier molecular flexibility index (Phi) is 4.24. The van der Waals surface area contributed by atoms with E-state index >= 15 is 0 Å². The molecule has 0 bridgehead atoms. The van der Waals surface area contributed by atoms with Gasteiger partial charge in [0.05, 0.1) is 5.60 Å². The van der Waals surface area contributed by atoms with E-state index in [2.05, 4.69) is 5.43 Å². The molecule has 1 aromatic rings. The Bertz CT molecular complexity index is 503. The largest absolute Gasteiger partial charge is 0.375 e. The van der Waals surface area contributed by atoms with E-state index in [0.717, 1.165) is 25.7 Å². The van der Waals surface area contributed by atoms with Crippen molar-refractivity contribution in [1.29, 1.82) is 0 Å². The first-order chi connectivity index (χ1) is 10.1. The number of hydrogen-bond donors (Lipinski definition) is 2. The average Bonchev–Trinajstić information content (AvgIpc) is 2.91. The fourth-order valence-corrected chi connectivity index (χ4v) is 3.93. The van der Waals surface area contributed by atoms with E-state index in [4.69, 9.17) is 10.6 Å². The standard InChI is InChI=1S/C16H22F2N2O/c17-13-4-3-11(9-14(13)18)15(20-19)12-5-8-21-16(10-12)6-1-2-7-16/h3-4,9,12,15,20H,1-2,5-8,10,19H2. The minimum Gasteiger partial charge on any atom is -0.375 e. The molecule has 2 unspecified atom stereocenters. The van der Waals surface area contributed by atoms with Gasteiger partial charge in [0.1, 0.15) is 0 Å². The third-order valence-electron chi connectivity index (χ3n) is 5.00. The Morgan fingerprint density at radius 2 is 2.00 bits per heavy atom. The monoisotopic (exact) mass is 296 g/mol. The van der Waals surface area contributed by atoms with Crippen LogP contribution < -0.4 is 11.3 Å². The van der Waals surface area contributed by atoms with E-state index < -0.39 is 11.6 Å². The van der Waals surface area contributed by atoms with Crippen molar-refractivity contribution in [3.05, 3.63) is 35.4 Å². The first kappa shape index (κ1) is 14.9. The van der Waals surface area contributed by atoms with Crippen molar-refractivity contribution in [2.45, 2.75) is 50.2 Å². The van der Waals surface area contributed by atoms with E-state index in [1.54, 1.807) is 6.07 Å². The van der Waals surface area contributed by atoms with Crippen LogP contribution in [-0.4, -0.2) is 12.2 Å². The Labute approximate surface area is 123 Å². The molecule has 1 heterocycles. The Morgan fingerprint density at radius 3 is 2.67 bits per heavy atom. The highest BCUT2D eigenvalue weighted by atomic mass is 19.2. The van der Waals surface area contributed by atoms with Gasteiger partial charge in [-0.1, -0.05) is 18.9 Å². The highest BCUT2D eigenvalue weighted by Gasteiger charge is 2.42. The molecule has 1 saturated heterocycles. The molecule has 21 heavy (non-hydrogen) atoms. The number of hydrogen-bond acceptors (Lipinski definition) is 3. The molecule has 0 radical (unpaired) electrons. The normalized spacial score (nSPS) is 26.1. The van der Waals surface area contributed by atoms with Crippen LogP contribution in [0.25, 0.3) is 0 Å². The smallest absolute Gasteiger partial charge is 0.159 e. The molecule has 1 saturated carbocycles. The maximum atomic E-state index is 13.5. The second-order valence-corrected chi connectivity index (χ2v) is 6.31. The van der Waals surface area contributed by atoms with Crippen LogP contribution in [-0.2, 0) is 4.74 Å². The molecule has 3 nitrogen and oxygen atoms in total. The molecule has 2 fully saturated rings. The van der Waals surface area contributed by atoms with Crippen molar-refractivity contribution >= 4 is 0 Å². The molecule has 1 aliphatic heterocycles. The molecular formula is C16H22F2N2O. The number of halogens is 2. The minimum absolute atomic E-state index is 0.0173. The van der Waals surface area contributed by atoms with Gasteiger partial charge < -0.3 is 4.74 Å². The van der Waals surface area contributed by atoms with Gasteiger partial charge in [-0.05, 0) is 49.3 Å². The van der Waals surface area contributed by atoms with Crippen LogP contribution in [0.3, 0.4) is 0 Å². The Hall–Kier alpha value is -1.04. The molecule has 1 aliphatic carbocycles. The SMILES string of the molecule is NNC(c1ccc(F)c(F)c1)C1CCOC2(CCCC2)C1. The molecule has 0 aromatic heterocycles. The zero-order valence-corrected chi connectivity index (χ0v) is 12.1. The molecule has 0 amide bonds. The number of benzene rings is 1. The van der Waals surface area contributed by atoms with E-state index in [1.807, 2.05) is 0 Å². The predicted molar refractivity (Wildman–Crippen MR) is 76.3 cm³/mol. The zero-order chi connectivity index (χ0) is 14.9. The van der Waals surface area contributed by atoms with Crippen LogP contribution in [0.2, 0.25) is 0 Å². The van der Waals surface area contributed by atoms with Crippen molar-refractivity contribution in [3.63, 3.8) is 0 Å². The molecule has 2 atom stereocenters. The second-order valence-electron chi connectivity index (χ2n) is 6.31. The lowest BCUT2D eigenvalue weighted by Crippen LogP contribution is -2.43. The summed E-state index contributed by atoms with van der Waals surface area (Å²) in [6, 6.07) is 3.86.